The second kappa shape index (κ2) is 12.9. The normalized spacial score (nSPS) is 14.6. The van der Waals surface area contributed by atoms with Gasteiger partial charge in [-0.15, -0.1) is 22.7 Å². The van der Waals surface area contributed by atoms with Crippen LogP contribution >= 0.6 is 34.4 Å². The number of carboxylic acid groups (broad SMARTS) is 1. The van der Waals surface area contributed by atoms with Crippen molar-refractivity contribution in [1.29, 1.82) is 5.26 Å². The number of carboxylic acids is 1. The van der Waals surface area contributed by atoms with Gasteiger partial charge in [0.2, 0.25) is 0 Å². The molecule has 2 aromatic heterocycles. The zero-order chi connectivity index (χ0) is 26.2. The summed E-state index contributed by atoms with van der Waals surface area (Å²) in [5.41, 5.74) is 3.09. The molecule has 1 amide bonds. The molecule has 1 saturated heterocycles. The van der Waals surface area contributed by atoms with Gasteiger partial charge in [0, 0.05) is 53.0 Å². The molecule has 3 aromatic rings. The average molecular weight is 552 g/mol. The molecule has 7 nitrogen and oxygen atoms in total. The minimum absolute atomic E-state index is 0.0211. The largest absolute Gasteiger partial charge is 0.477 e. The summed E-state index contributed by atoms with van der Waals surface area (Å²) in [6.07, 6.45) is 0.985. The van der Waals surface area contributed by atoms with Crippen molar-refractivity contribution < 1.29 is 19.8 Å². The third kappa shape index (κ3) is 7.45. The van der Waals surface area contributed by atoms with E-state index in [0.717, 1.165) is 21.6 Å². The maximum atomic E-state index is 12.6. The monoisotopic (exact) mass is 551 g/mol. The Bertz CT molecular complexity index is 1360. The first-order chi connectivity index (χ1) is 17.9. The average Bonchev–Trinajstić information content (AvgIpc) is 3.55. The van der Waals surface area contributed by atoms with Crippen LogP contribution in [0.15, 0.2) is 47.2 Å². The molecule has 1 aliphatic rings. The lowest BCUT2D eigenvalue weighted by Crippen LogP contribution is -2.51. The maximum absolute atomic E-state index is 12.6. The number of hydrogen-bond acceptors (Lipinski definition) is 8. The molecule has 1 aliphatic heterocycles. The number of hydrazine groups is 1. The minimum atomic E-state index is -0.940. The van der Waals surface area contributed by atoms with Crippen molar-refractivity contribution in [2.24, 2.45) is 0 Å². The van der Waals surface area contributed by atoms with Crippen molar-refractivity contribution >= 4 is 45.6 Å². The van der Waals surface area contributed by atoms with Crippen LogP contribution in [0, 0.1) is 23.2 Å². The van der Waals surface area contributed by atoms with Gasteiger partial charge in [0.15, 0.2) is 0 Å². The minimum Gasteiger partial charge on any atom is -0.477 e. The summed E-state index contributed by atoms with van der Waals surface area (Å²) in [6.45, 7) is 1.74. The molecular formula is C27H25N3O4S3. The standard InChI is InChI=1S/C27H25N3O4S3/c28-16-22-18-35-17-21(22)5-4-19-2-1-3-20(14-19)15-23(31)8-10-29-12-13-36-27(34)30(29)11-9-24-6-7-25(37-24)26(32)33/h1-3,6-7,14,17-18,23,31H,8-13,15H2,(H,32,33)/t23-/m1/s1. The molecule has 3 heterocycles. The van der Waals surface area contributed by atoms with E-state index in [9.17, 15) is 14.7 Å². The van der Waals surface area contributed by atoms with Crippen LogP contribution in [0.4, 0.5) is 4.79 Å². The molecule has 0 saturated carbocycles. The Morgan fingerprint density at radius 1 is 1.14 bits per heavy atom. The Morgan fingerprint density at radius 2 is 1.97 bits per heavy atom. The third-order valence-electron chi connectivity index (χ3n) is 5.81. The predicted octanol–water partition coefficient (Wildman–Crippen LogP) is 4.70. The molecule has 2 N–H and O–H groups in total. The summed E-state index contributed by atoms with van der Waals surface area (Å²) in [5, 5.41) is 36.3. The number of benzene rings is 1. The second-order valence-corrected chi connectivity index (χ2v) is 11.4. The van der Waals surface area contributed by atoms with Crippen molar-refractivity contribution in [1.82, 2.24) is 10.0 Å². The molecular weight excluding hydrogens is 527 g/mol. The molecule has 190 valence electrons. The zero-order valence-electron chi connectivity index (χ0n) is 19.9. The lowest BCUT2D eigenvalue weighted by atomic mass is 10.0. The van der Waals surface area contributed by atoms with Crippen molar-refractivity contribution in [3.63, 3.8) is 0 Å². The number of thioether (sulfide) groups is 1. The van der Waals surface area contributed by atoms with E-state index in [1.54, 1.807) is 22.5 Å². The van der Waals surface area contributed by atoms with Crippen molar-refractivity contribution in [2.75, 3.05) is 25.4 Å². The number of amides is 1. The van der Waals surface area contributed by atoms with Crippen LogP contribution in [0.5, 0.6) is 0 Å². The van der Waals surface area contributed by atoms with Gasteiger partial charge >= 0.3 is 5.97 Å². The predicted molar refractivity (Wildman–Crippen MR) is 147 cm³/mol. The molecule has 1 aromatic carbocycles. The number of nitriles is 1. The highest BCUT2D eigenvalue weighted by Gasteiger charge is 2.27. The van der Waals surface area contributed by atoms with Gasteiger partial charge in [-0.05, 0) is 42.7 Å². The first kappa shape index (κ1) is 26.9. The van der Waals surface area contributed by atoms with Gasteiger partial charge in [-0.2, -0.15) is 5.26 Å². The molecule has 1 atom stereocenters. The van der Waals surface area contributed by atoms with Gasteiger partial charge in [-0.1, -0.05) is 35.7 Å². The van der Waals surface area contributed by atoms with E-state index >= 15 is 0 Å². The molecule has 1 fully saturated rings. The Morgan fingerprint density at radius 3 is 2.76 bits per heavy atom. The molecule has 0 bridgehead atoms. The van der Waals surface area contributed by atoms with E-state index in [1.807, 2.05) is 34.7 Å². The highest BCUT2D eigenvalue weighted by atomic mass is 32.2. The Kier molecular flexibility index (Phi) is 9.40. The number of carbonyl (C=O) groups is 2. The zero-order valence-corrected chi connectivity index (χ0v) is 22.4. The van der Waals surface area contributed by atoms with Crippen LogP contribution in [-0.2, 0) is 12.8 Å². The number of aliphatic hydroxyl groups is 1. The van der Waals surface area contributed by atoms with Crippen molar-refractivity contribution in [2.45, 2.75) is 25.4 Å². The number of hydrogen-bond donors (Lipinski definition) is 2. The fourth-order valence-electron chi connectivity index (χ4n) is 3.93. The SMILES string of the molecule is N#Cc1cscc1C#Cc1cccc(C[C@H](O)CCN2CCSC(=O)N2CCc2ccc(C(=O)O)s2)c1. The van der Waals surface area contributed by atoms with Crippen LogP contribution in [0.2, 0.25) is 0 Å². The number of rotatable bonds is 9. The fraction of sp³-hybridized carbons (Fsp3) is 0.296. The Hall–Kier alpha value is -3.12. The molecule has 0 spiro atoms. The first-order valence-corrected chi connectivity index (χ1v) is 14.4. The van der Waals surface area contributed by atoms with Gasteiger partial charge < -0.3 is 10.2 Å². The van der Waals surface area contributed by atoms with Crippen molar-refractivity contribution in [3.8, 4) is 17.9 Å². The third-order valence-corrected chi connectivity index (χ3v) is 8.53. The number of thiophene rings is 2. The summed E-state index contributed by atoms with van der Waals surface area (Å²) in [6, 6.07) is 13.3. The molecule has 0 radical (unpaired) electrons. The van der Waals surface area contributed by atoms with E-state index in [0.29, 0.717) is 55.1 Å². The Labute approximate surface area is 227 Å². The summed E-state index contributed by atoms with van der Waals surface area (Å²) in [5.74, 6) is 5.91. The van der Waals surface area contributed by atoms with Crippen molar-refractivity contribution in [3.05, 3.63) is 79.2 Å². The number of aliphatic hydroxyl groups excluding tert-OH is 1. The molecule has 37 heavy (non-hydrogen) atoms. The van der Waals surface area contributed by atoms with E-state index in [1.165, 1.54) is 34.4 Å². The highest BCUT2D eigenvalue weighted by molar-refractivity contribution is 8.13. The first-order valence-electron chi connectivity index (χ1n) is 11.7. The van der Waals surface area contributed by atoms with E-state index in [4.69, 9.17) is 10.4 Å². The number of carbonyl (C=O) groups excluding carboxylic acids is 1. The van der Waals surface area contributed by atoms with Gasteiger partial charge in [0.1, 0.15) is 10.9 Å². The van der Waals surface area contributed by atoms with Gasteiger partial charge in [0.25, 0.3) is 5.24 Å². The fourth-order valence-corrected chi connectivity index (χ4v) is 6.30. The van der Waals surface area contributed by atoms with E-state index in [2.05, 4.69) is 17.9 Å². The Balaban J connectivity index is 1.31. The molecule has 0 unspecified atom stereocenters. The van der Waals surface area contributed by atoms with Crippen LogP contribution in [0.25, 0.3) is 0 Å². The van der Waals surface area contributed by atoms with Crippen LogP contribution in [-0.4, -0.2) is 62.9 Å². The summed E-state index contributed by atoms with van der Waals surface area (Å²) >= 11 is 3.96. The van der Waals surface area contributed by atoms with Gasteiger partial charge in [0.05, 0.1) is 17.2 Å². The summed E-state index contributed by atoms with van der Waals surface area (Å²) in [4.78, 5) is 24.9. The molecule has 0 aliphatic carbocycles. The highest BCUT2D eigenvalue weighted by Crippen LogP contribution is 2.22. The number of nitrogens with zero attached hydrogens (tertiary/aromatic N) is 3. The quantitative estimate of drug-likeness (QED) is 0.372. The van der Waals surface area contributed by atoms with E-state index in [-0.39, 0.29) is 5.24 Å². The lowest BCUT2D eigenvalue weighted by Gasteiger charge is -2.38. The van der Waals surface area contributed by atoms with Crippen LogP contribution in [0.1, 0.15) is 43.2 Å². The smallest absolute Gasteiger partial charge is 0.345 e. The topological polar surface area (TPSA) is 105 Å². The van der Waals surface area contributed by atoms with Gasteiger partial charge in [-0.25, -0.2) is 9.80 Å². The molecule has 10 heteroatoms. The maximum Gasteiger partial charge on any atom is 0.345 e. The summed E-state index contributed by atoms with van der Waals surface area (Å²) < 4.78 is 0. The van der Waals surface area contributed by atoms with Crippen LogP contribution < -0.4 is 0 Å². The van der Waals surface area contributed by atoms with Gasteiger partial charge in [-0.3, -0.25) is 9.80 Å². The summed E-state index contributed by atoms with van der Waals surface area (Å²) in [7, 11) is 0. The molecule has 4 rings (SSSR count). The van der Waals surface area contributed by atoms with E-state index < -0.39 is 12.1 Å². The second-order valence-electron chi connectivity index (χ2n) is 8.42. The number of aromatic carboxylic acids is 1. The lowest BCUT2D eigenvalue weighted by molar-refractivity contribution is 0.0148. The van der Waals surface area contributed by atoms with Crippen LogP contribution in [0.3, 0.4) is 0 Å².